The minimum Gasteiger partial charge on any atom is -0.488 e. The summed E-state index contributed by atoms with van der Waals surface area (Å²) in [6, 6.07) is 4.66. The Morgan fingerprint density at radius 3 is 2.64 bits per heavy atom. The highest BCUT2D eigenvalue weighted by Gasteiger charge is 2.30. The van der Waals surface area contributed by atoms with E-state index in [-0.39, 0.29) is 37.0 Å². The van der Waals surface area contributed by atoms with Crippen LogP contribution >= 0.6 is 0 Å². The molecule has 8 nitrogen and oxygen atoms in total. The van der Waals surface area contributed by atoms with E-state index in [9.17, 15) is 18.3 Å². The highest BCUT2D eigenvalue weighted by atomic mass is 32.2. The van der Waals surface area contributed by atoms with Gasteiger partial charge < -0.3 is 19.6 Å². The number of amides is 1. The van der Waals surface area contributed by atoms with E-state index in [0.29, 0.717) is 30.1 Å². The molecule has 0 bridgehead atoms. The number of anilines is 1. The maximum Gasteiger partial charge on any atom is 0.229 e. The van der Waals surface area contributed by atoms with Gasteiger partial charge in [0.25, 0.3) is 0 Å². The lowest BCUT2D eigenvalue weighted by atomic mass is 10.0. The van der Waals surface area contributed by atoms with Crippen LogP contribution in [0, 0.1) is 5.92 Å². The summed E-state index contributed by atoms with van der Waals surface area (Å²) in [5.41, 5.74) is 1.00. The molecule has 1 aliphatic heterocycles. The normalized spacial score (nSPS) is 22.0. The van der Waals surface area contributed by atoms with Crippen LogP contribution in [0.15, 0.2) is 18.2 Å². The average molecular weight is 414 g/mol. The molecule has 1 aromatic carbocycles. The first-order valence-electron chi connectivity index (χ1n) is 9.32. The smallest absolute Gasteiger partial charge is 0.229 e. The Morgan fingerprint density at radius 1 is 1.39 bits per heavy atom. The number of likely N-dealkylation sites (N-methyl/N-ethyl adjacent to an activating group) is 1. The molecule has 0 radical (unpaired) electrons. The zero-order valence-electron chi connectivity index (χ0n) is 17.2. The van der Waals surface area contributed by atoms with Crippen LogP contribution in [0.4, 0.5) is 5.69 Å². The van der Waals surface area contributed by atoms with E-state index in [1.165, 1.54) is 0 Å². The third kappa shape index (κ3) is 6.08. The lowest BCUT2D eigenvalue weighted by Crippen LogP contribution is -2.47. The lowest BCUT2D eigenvalue weighted by molar-refractivity contribution is -0.134. The van der Waals surface area contributed by atoms with Crippen molar-refractivity contribution in [1.82, 2.24) is 9.80 Å². The van der Waals surface area contributed by atoms with Crippen LogP contribution in [0.25, 0.3) is 0 Å². The summed E-state index contributed by atoms with van der Waals surface area (Å²) >= 11 is 0. The van der Waals surface area contributed by atoms with Crippen molar-refractivity contribution >= 4 is 21.6 Å². The number of carbonyl (C=O) groups is 1. The minimum atomic E-state index is -3.43. The van der Waals surface area contributed by atoms with Crippen molar-refractivity contribution in [3.05, 3.63) is 23.8 Å². The molecular weight excluding hydrogens is 382 g/mol. The summed E-state index contributed by atoms with van der Waals surface area (Å²) in [5, 5.41) is 9.59. The molecule has 0 saturated carbocycles. The minimum absolute atomic E-state index is 0.0418. The third-order valence-corrected chi connectivity index (χ3v) is 5.37. The van der Waals surface area contributed by atoms with E-state index in [2.05, 4.69) is 4.72 Å². The highest BCUT2D eigenvalue weighted by molar-refractivity contribution is 7.92. The van der Waals surface area contributed by atoms with Crippen molar-refractivity contribution in [1.29, 1.82) is 0 Å². The van der Waals surface area contributed by atoms with E-state index < -0.39 is 10.0 Å². The molecule has 1 heterocycles. The molecule has 158 valence electrons. The predicted molar refractivity (Wildman–Crippen MR) is 109 cm³/mol. The molecule has 2 rings (SSSR count). The molecule has 2 N–H and O–H groups in total. The number of fused-ring (bicyclic) bond motifs is 1. The third-order valence-electron chi connectivity index (χ3n) is 4.76. The van der Waals surface area contributed by atoms with Crippen molar-refractivity contribution in [2.75, 3.05) is 44.8 Å². The van der Waals surface area contributed by atoms with E-state index in [1.54, 1.807) is 23.1 Å². The Labute approximate surface area is 167 Å². The maximum absolute atomic E-state index is 13.0. The van der Waals surface area contributed by atoms with E-state index in [4.69, 9.17) is 4.74 Å². The highest BCUT2D eigenvalue weighted by Crippen LogP contribution is 2.29. The fraction of sp³-hybridized carbons (Fsp3) is 0.632. The van der Waals surface area contributed by atoms with Crippen LogP contribution in [0.2, 0.25) is 0 Å². The van der Waals surface area contributed by atoms with Gasteiger partial charge in [0.05, 0.1) is 25.3 Å². The fourth-order valence-electron chi connectivity index (χ4n) is 3.28. The van der Waals surface area contributed by atoms with Crippen LogP contribution in [0.5, 0.6) is 5.75 Å². The molecule has 0 aliphatic carbocycles. The molecule has 0 saturated heterocycles. The number of benzene rings is 1. The van der Waals surface area contributed by atoms with E-state index in [0.717, 1.165) is 6.26 Å². The Morgan fingerprint density at radius 2 is 2.07 bits per heavy atom. The van der Waals surface area contributed by atoms with Gasteiger partial charge in [0.15, 0.2) is 0 Å². The van der Waals surface area contributed by atoms with Crippen molar-refractivity contribution in [2.45, 2.75) is 32.4 Å². The summed E-state index contributed by atoms with van der Waals surface area (Å²) in [6.45, 7) is 4.86. The molecular formula is C19H31N3O5S. The molecule has 9 heteroatoms. The molecule has 0 unspecified atom stereocenters. The number of aliphatic hydroxyl groups excluding tert-OH is 1. The Bertz CT molecular complexity index is 797. The number of hydrogen-bond donors (Lipinski definition) is 2. The number of rotatable bonds is 6. The van der Waals surface area contributed by atoms with Gasteiger partial charge in [0.1, 0.15) is 11.9 Å². The summed E-state index contributed by atoms with van der Waals surface area (Å²) in [4.78, 5) is 16.7. The van der Waals surface area contributed by atoms with E-state index in [1.807, 2.05) is 32.8 Å². The van der Waals surface area contributed by atoms with Crippen molar-refractivity contribution in [2.24, 2.45) is 5.92 Å². The molecule has 0 fully saturated rings. The Kier molecular flexibility index (Phi) is 7.30. The van der Waals surface area contributed by atoms with Crippen LogP contribution in [0.3, 0.4) is 0 Å². The second-order valence-corrected chi connectivity index (χ2v) is 9.60. The number of hydrogen-bond acceptors (Lipinski definition) is 6. The average Bonchev–Trinajstić information content (AvgIpc) is 2.62. The summed E-state index contributed by atoms with van der Waals surface area (Å²) in [6.07, 6.45) is 0.984. The number of nitrogens with one attached hydrogen (secondary N) is 1. The summed E-state index contributed by atoms with van der Waals surface area (Å²) in [7, 11) is 0.490. The molecule has 1 amide bonds. The largest absolute Gasteiger partial charge is 0.488 e. The number of ether oxygens (including phenoxy) is 1. The fourth-order valence-corrected chi connectivity index (χ4v) is 3.84. The van der Waals surface area contributed by atoms with Gasteiger partial charge in [-0.05, 0) is 39.2 Å². The lowest BCUT2D eigenvalue weighted by Gasteiger charge is -2.33. The number of aliphatic hydroxyl groups is 1. The Hall–Kier alpha value is -1.84. The van der Waals surface area contributed by atoms with Gasteiger partial charge in [-0.1, -0.05) is 6.92 Å². The van der Waals surface area contributed by atoms with Crippen molar-refractivity contribution in [3.8, 4) is 5.75 Å². The maximum atomic E-state index is 13.0. The topological polar surface area (TPSA) is 99.2 Å². The number of carbonyl (C=O) groups excluding carboxylic acids is 1. The van der Waals surface area contributed by atoms with Gasteiger partial charge in [0.2, 0.25) is 15.9 Å². The number of sulfonamides is 1. The molecule has 1 aliphatic rings. The molecule has 0 spiro atoms. The molecule has 28 heavy (non-hydrogen) atoms. The van der Waals surface area contributed by atoms with Gasteiger partial charge in [0, 0.05) is 30.3 Å². The van der Waals surface area contributed by atoms with Gasteiger partial charge >= 0.3 is 0 Å². The van der Waals surface area contributed by atoms with Gasteiger partial charge in [-0.2, -0.15) is 0 Å². The summed E-state index contributed by atoms with van der Waals surface area (Å²) < 4.78 is 31.8. The quantitative estimate of drug-likeness (QED) is 0.715. The van der Waals surface area contributed by atoms with Gasteiger partial charge in [-0.25, -0.2) is 8.42 Å². The zero-order chi connectivity index (χ0) is 21.1. The van der Waals surface area contributed by atoms with Gasteiger partial charge in [-0.15, -0.1) is 0 Å². The monoisotopic (exact) mass is 413 g/mol. The second-order valence-electron chi connectivity index (χ2n) is 7.85. The van der Waals surface area contributed by atoms with Crippen LogP contribution < -0.4 is 9.46 Å². The molecule has 3 atom stereocenters. The molecule has 0 aromatic heterocycles. The number of nitrogens with zero attached hydrogens (tertiary/aromatic N) is 2. The van der Waals surface area contributed by atoms with E-state index >= 15 is 0 Å². The van der Waals surface area contributed by atoms with Crippen molar-refractivity contribution < 1.29 is 23.1 Å². The van der Waals surface area contributed by atoms with Crippen LogP contribution in [-0.4, -0.2) is 81.4 Å². The zero-order valence-corrected chi connectivity index (χ0v) is 18.0. The SMILES string of the molecule is C[C@@H]1CN([C@@H](C)CO)C(=O)Cc2cc(NS(C)(=O)=O)ccc2O[C@H]1CN(C)C. The van der Waals surface area contributed by atoms with Crippen LogP contribution in [0.1, 0.15) is 19.4 Å². The predicted octanol–water partition coefficient (Wildman–Crippen LogP) is 0.769. The summed E-state index contributed by atoms with van der Waals surface area (Å²) in [5.74, 6) is 0.491. The standard InChI is InChI=1S/C19H31N3O5S/c1-13-10-22(14(2)12-23)19(24)9-15-8-16(20-28(5,25)26)6-7-17(15)27-18(13)11-21(3)4/h6-8,13-14,18,20,23H,9-12H2,1-5H3/t13-,14+,18+/m1/s1. The van der Waals surface area contributed by atoms with Gasteiger partial charge in [-0.3, -0.25) is 9.52 Å². The first kappa shape index (κ1) is 22.4. The first-order valence-corrected chi connectivity index (χ1v) is 11.2. The Balaban J connectivity index is 2.46. The van der Waals surface area contributed by atoms with Crippen LogP contribution in [-0.2, 0) is 21.2 Å². The van der Waals surface area contributed by atoms with Crippen molar-refractivity contribution in [3.63, 3.8) is 0 Å². The first-order chi connectivity index (χ1) is 13.0. The second kappa shape index (κ2) is 9.11. The molecule has 1 aromatic rings.